The van der Waals surface area contributed by atoms with Crippen molar-refractivity contribution in [2.24, 2.45) is 23.7 Å². The van der Waals surface area contributed by atoms with Crippen molar-refractivity contribution < 1.29 is 43.3 Å². The Morgan fingerprint density at radius 2 is 1.71 bits per heavy atom. The van der Waals surface area contributed by atoms with E-state index in [0.717, 1.165) is 11.8 Å². The molecule has 5 atom stereocenters. The number of halogens is 1. The third-order valence-corrected chi connectivity index (χ3v) is 12.0. The maximum absolute atomic E-state index is 12.0. The average Bonchev–Trinajstić information content (AvgIpc) is 3.33. The zero-order valence-corrected chi connectivity index (χ0v) is 22.7. The molecule has 4 aliphatic carbocycles. The second-order valence-electron chi connectivity index (χ2n) is 11.1. The summed E-state index contributed by atoms with van der Waals surface area (Å²) in [6, 6.07) is 0.265. The van der Waals surface area contributed by atoms with Gasteiger partial charge in [0.05, 0.1) is 12.9 Å². The first-order valence-electron chi connectivity index (χ1n) is 12.6. The number of fused-ring (bicyclic) bond motifs is 1. The first-order valence-corrected chi connectivity index (χ1v) is 16.5. The molecular formula is C21H30ClN5O9P2. The number of hydrogen-bond donors (Lipinski definition) is 6. The van der Waals surface area contributed by atoms with E-state index < -0.39 is 52.2 Å². The zero-order valence-electron chi connectivity index (χ0n) is 20.2. The maximum Gasteiger partial charge on any atom is 0.340 e. The molecule has 4 bridgehead atoms. The number of rotatable bonds is 8. The van der Waals surface area contributed by atoms with Crippen LogP contribution in [0.15, 0.2) is 6.33 Å². The number of nitrogens with zero attached hydrogens (tertiary/aromatic N) is 4. The van der Waals surface area contributed by atoms with Gasteiger partial charge in [-0.15, -0.1) is 0 Å². The lowest BCUT2D eigenvalue weighted by molar-refractivity contribution is -0.0483. The summed E-state index contributed by atoms with van der Waals surface area (Å²) < 4.78 is 34.9. The first-order chi connectivity index (χ1) is 17.9. The van der Waals surface area contributed by atoms with Crippen molar-refractivity contribution in [2.45, 2.75) is 62.7 Å². The highest BCUT2D eigenvalue weighted by Gasteiger charge is 2.49. The van der Waals surface area contributed by atoms with Gasteiger partial charge in [-0.2, -0.15) is 9.97 Å². The lowest BCUT2D eigenvalue weighted by atomic mass is 9.54. The van der Waals surface area contributed by atoms with Gasteiger partial charge in [0.2, 0.25) is 5.28 Å². The van der Waals surface area contributed by atoms with Crippen LogP contribution in [-0.4, -0.2) is 81.3 Å². The summed E-state index contributed by atoms with van der Waals surface area (Å²) in [5, 5.41) is 24.7. The number of hydrogen-bond acceptors (Lipinski definition) is 10. The molecule has 1 saturated heterocycles. The summed E-state index contributed by atoms with van der Waals surface area (Å²) in [4.78, 5) is 40.7. The molecule has 2 aromatic rings. The molecule has 0 amide bonds. The van der Waals surface area contributed by atoms with Crippen LogP contribution in [0.4, 0.5) is 5.82 Å². The fourth-order valence-corrected chi connectivity index (χ4v) is 9.79. The van der Waals surface area contributed by atoms with Crippen LogP contribution >= 0.6 is 26.8 Å². The molecule has 5 fully saturated rings. The van der Waals surface area contributed by atoms with E-state index in [1.807, 2.05) is 0 Å². The second kappa shape index (κ2) is 9.73. The van der Waals surface area contributed by atoms with Crippen molar-refractivity contribution in [3.8, 4) is 0 Å². The molecule has 5 aliphatic rings. The highest BCUT2D eigenvalue weighted by molar-refractivity contribution is 7.70. The van der Waals surface area contributed by atoms with E-state index in [2.05, 4.69) is 20.3 Å². The van der Waals surface area contributed by atoms with E-state index in [0.29, 0.717) is 23.2 Å². The molecule has 17 heteroatoms. The van der Waals surface area contributed by atoms with Crippen LogP contribution in [0.25, 0.3) is 11.2 Å². The van der Waals surface area contributed by atoms with Gasteiger partial charge in [0.25, 0.3) is 0 Å². The number of aromatic nitrogens is 4. The van der Waals surface area contributed by atoms with Crippen molar-refractivity contribution in [3.05, 3.63) is 11.6 Å². The van der Waals surface area contributed by atoms with E-state index in [1.54, 1.807) is 0 Å². The van der Waals surface area contributed by atoms with Crippen LogP contribution in [0.1, 0.15) is 38.3 Å². The third-order valence-electron chi connectivity index (χ3n) is 8.34. The molecular weight excluding hydrogens is 564 g/mol. The minimum absolute atomic E-state index is 0.0304. The van der Waals surface area contributed by atoms with Crippen LogP contribution in [0.3, 0.4) is 0 Å². The van der Waals surface area contributed by atoms with Gasteiger partial charge >= 0.3 is 15.2 Å². The number of imidazole rings is 1. The summed E-state index contributed by atoms with van der Waals surface area (Å²) in [6.07, 6.45) is 2.07. The lowest BCUT2D eigenvalue weighted by Crippen LogP contribution is -2.51. The Hall–Kier alpha value is -1.18. The fraction of sp³-hybridized carbons (Fsp3) is 0.762. The molecule has 38 heavy (non-hydrogen) atoms. The van der Waals surface area contributed by atoms with Crippen molar-refractivity contribution in [1.82, 2.24) is 19.5 Å². The highest BCUT2D eigenvalue weighted by atomic mass is 35.5. The van der Waals surface area contributed by atoms with Crippen LogP contribution in [0, 0.1) is 23.7 Å². The number of aliphatic hydroxyl groups excluding tert-OH is 2. The second-order valence-corrected chi connectivity index (χ2v) is 15.4. The van der Waals surface area contributed by atoms with E-state index >= 15 is 0 Å². The van der Waals surface area contributed by atoms with Gasteiger partial charge in [0.15, 0.2) is 29.1 Å². The molecule has 4 saturated carbocycles. The first kappa shape index (κ1) is 27.0. The van der Waals surface area contributed by atoms with Gasteiger partial charge in [-0.05, 0) is 67.4 Å². The quantitative estimate of drug-likeness (QED) is 0.190. The lowest BCUT2D eigenvalue weighted by Gasteiger charge is -2.54. The zero-order chi connectivity index (χ0) is 27.0. The van der Waals surface area contributed by atoms with Gasteiger partial charge in [0, 0.05) is 6.04 Å². The van der Waals surface area contributed by atoms with E-state index in [-0.39, 0.29) is 17.0 Å². The van der Waals surface area contributed by atoms with Crippen molar-refractivity contribution in [2.75, 3.05) is 17.8 Å². The number of nitrogens with one attached hydrogen (secondary N) is 1. The average molecular weight is 594 g/mol. The normalized spacial score (nSPS) is 38.1. The largest absolute Gasteiger partial charge is 0.387 e. The highest BCUT2D eigenvalue weighted by Crippen LogP contribution is 2.56. The molecule has 0 aromatic carbocycles. The molecule has 2 aromatic heterocycles. The Morgan fingerprint density at radius 3 is 2.34 bits per heavy atom. The molecule has 0 radical (unpaired) electrons. The number of ether oxygens (including phenoxy) is 1. The van der Waals surface area contributed by atoms with Crippen molar-refractivity contribution in [3.63, 3.8) is 0 Å². The Morgan fingerprint density at radius 1 is 1.05 bits per heavy atom. The van der Waals surface area contributed by atoms with Crippen LogP contribution in [-0.2, 0) is 18.4 Å². The van der Waals surface area contributed by atoms with Crippen LogP contribution in [0.5, 0.6) is 0 Å². The van der Waals surface area contributed by atoms with Crippen LogP contribution < -0.4 is 5.32 Å². The van der Waals surface area contributed by atoms with Gasteiger partial charge in [0.1, 0.15) is 18.3 Å². The number of anilines is 1. The molecule has 1 aliphatic heterocycles. The topological polar surface area (TPSA) is 209 Å². The Balaban J connectivity index is 1.21. The monoisotopic (exact) mass is 593 g/mol. The Kier molecular flexibility index (Phi) is 6.91. The molecule has 14 nitrogen and oxygen atoms in total. The molecule has 7 rings (SSSR count). The van der Waals surface area contributed by atoms with Gasteiger partial charge < -0.3 is 39.5 Å². The van der Waals surface area contributed by atoms with Gasteiger partial charge in [-0.3, -0.25) is 13.7 Å². The summed E-state index contributed by atoms with van der Waals surface area (Å²) in [6.45, 7) is -0.690. The molecule has 210 valence electrons. The van der Waals surface area contributed by atoms with Crippen LogP contribution in [0.2, 0.25) is 5.28 Å². The maximum atomic E-state index is 12.0. The molecule has 3 heterocycles. The minimum atomic E-state index is -4.82. The van der Waals surface area contributed by atoms with Crippen molar-refractivity contribution >= 4 is 43.8 Å². The minimum Gasteiger partial charge on any atom is -0.387 e. The van der Waals surface area contributed by atoms with Gasteiger partial charge in [-0.25, -0.2) is 4.98 Å². The Labute approximate surface area is 222 Å². The Bertz CT molecular complexity index is 1300. The fourth-order valence-electron chi connectivity index (χ4n) is 7.06. The van der Waals surface area contributed by atoms with Gasteiger partial charge in [-0.1, -0.05) is 0 Å². The standard InChI is InChI=1S/C21H30ClN5O9P2/c22-21-25-18(24-14-11-2-9-1-10(4-11)5-12(14)3-9)15-19(26-21)27(7-23-15)20-17(29)16(28)13(36-20)6-35-38(33,34)8-37(30,31)32/h7,9-14,16-17,20,28-29H,1-6,8H2,(H,33,34)(H,24,25,26)(H2,30,31,32)/t9?,10?,11?,12?,13-,14?,16?,17+,20-/m1/s1. The summed E-state index contributed by atoms with van der Waals surface area (Å²) >= 11 is 6.28. The van der Waals surface area contributed by atoms with Crippen molar-refractivity contribution in [1.29, 1.82) is 0 Å². The van der Waals surface area contributed by atoms with E-state index in [9.17, 15) is 24.2 Å². The summed E-state index contributed by atoms with van der Waals surface area (Å²) in [5.74, 6) is 1.87. The SMILES string of the molecule is O=P(O)(O)CP(=O)(O)OC[C@H]1O[C@@H](n2cnc3c(NC4C5CC6CC(C5)CC4C6)nc(Cl)nc32)[C@@H](O)C1O. The molecule has 2 unspecified atom stereocenters. The predicted molar refractivity (Wildman–Crippen MR) is 133 cm³/mol. The molecule has 6 N–H and O–H groups in total. The molecule has 0 spiro atoms. The summed E-state index contributed by atoms with van der Waals surface area (Å²) in [5.41, 5.74) is 0.693. The smallest absolute Gasteiger partial charge is 0.340 e. The number of aliphatic hydroxyl groups is 2. The van der Waals surface area contributed by atoms with E-state index in [1.165, 1.54) is 43.0 Å². The predicted octanol–water partition coefficient (Wildman–Crippen LogP) is 1.67. The third kappa shape index (κ3) is 5.16. The summed E-state index contributed by atoms with van der Waals surface area (Å²) in [7, 11) is -9.49. The van der Waals surface area contributed by atoms with E-state index in [4.69, 9.17) is 30.6 Å².